The normalized spacial score (nSPS) is 18.4. The van der Waals surface area contributed by atoms with Gasteiger partial charge >= 0.3 is 11.9 Å². The molecule has 0 aromatic heterocycles. The van der Waals surface area contributed by atoms with Gasteiger partial charge in [-0.05, 0) is 24.2 Å². The highest BCUT2D eigenvalue weighted by Crippen LogP contribution is 2.42. The first-order valence-electron chi connectivity index (χ1n) is 8.03. The van der Waals surface area contributed by atoms with Crippen molar-refractivity contribution in [3.05, 3.63) is 0 Å². The largest absolute Gasteiger partial charge is 0.481 e. The maximum Gasteiger partial charge on any atom is 0.331 e. The Morgan fingerprint density at radius 1 is 1.29 bits per heavy atom. The van der Waals surface area contributed by atoms with Crippen molar-refractivity contribution in [2.45, 2.75) is 58.2 Å². The van der Waals surface area contributed by atoms with Crippen LogP contribution in [0.2, 0.25) is 0 Å². The van der Waals surface area contributed by atoms with Crippen LogP contribution in [-0.2, 0) is 23.9 Å². The molecule has 1 fully saturated rings. The second-order valence-corrected chi connectivity index (χ2v) is 7.28. The van der Waals surface area contributed by atoms with Crippen LogP contribution in [0.4, 0.5) is 0 Å². The smallest absolute Gasteiger partial charge is 0.331 e. The molecule has 0 aromatic carbocycles. The van der Waals surface area contributed by atoms with Crippen molar-refractivity contribution in [2.24, 2.45) is 17.1 Å². The molecular weight excluding hydrogens is 316 g/mol. The molecule has 24 heavy (non-hydrogen) atoms. The summed E-state index contributed by atoms with van der Waals surface area (Å²) in [6, 6.07) is -2.26. The molecule has 0 spiro atoms. The lowest BCUT2D eigenvalue weighted by atomic mass is 9.86. The molecule has 1 rings (SSSR count). The zero-order valence-electron chi connectivity index (χ0n) is 14.7. The number of hydrogen-bond acceptors (Lipinski definition) is 6. The summed E-state index contributed by atoms with van der Waals surface area (Å²) in [6.07, 6.45) is 1.27. The topological polar surface area (TPSA) is 128 Å². The van der Waals surface area contributed by atoms with Gasteiger partial charge in [-0.3, -0.25) is 9.59 Å². The van der Waals surface area contributed by atoms with E-state index in [0.717, 1.165) is 12.8 Å². The van der Waals surface area contributed by atoms with Crippen LogP contribution in [0.5, 0.6) is 0 Å². The number of esters is 1. The Morgan fingerprint density at radius 2 is 1.88 bits per heavy atom. The van der Waals surface area contributed by atoms with Gasteiger partial charge in [-0.15, -0.1) is 0 Å². The number of carbonyl (C=O) groups is 3. The third kappa shape index (κ3) is 6.45. The Kier molecular flexibility index (Phi) is 7.16. The first-order valence-corrected chi connectivity index (χ1v) is 8.03. The van der Waals surface area contributed by atoms with Gasteiger partial charge in [0, 0.05) is 7.11 Å². The molecule has 1 saturated carbocycles. The standard InChI is InChI=1S/C16H28N2O6/c1-16(2,3)13(9-5-6-9)24-15(22)11(8-23-4)18-14(21)10(17)7-12(19)20/h9-11,13H,5-8,17H2,1-4H3,(H,18,21)(H,19,20)/t10-,11+,13?/m0/s1. The van der Waals surface area contributed by atoms with E-state index in [1.165, 1.54) is 7.11 Å². The van der Waals surface area contributed by atoms with E-state index in [9.17, 15) is 14.4 Å². The number of amides is 1. The Balaban J connectivity index is 2.70. The van der Waals surface area contributed by atoms with Crippen molar-refractivity contribution in [1.82, 2.24) is 5.32 Å². The van der Waals surface area contributed by atoms with Crippen LogP contribution in [0.25, 0.3) is 0 Å². The Bertz CT molecular complexity index is 470. The highest BCUT2D eigenvalue weighted by atomic mass is 16.6. The van der Waals surface area contributed by atoms with Gasteiger partial charge in [-0.2, -0.15) is 0 Å². The number of rotatable bonds is 9. The molecule has 1 amide bonds. The summed E-state index contributed by atoms with van der Waals surface area (Å²) in [5, 5.41) is 11.1. The van der Waals surface area contributed by atoms with E-state index >= 15 is 0 Å². The van der Waals surface area contributed by atoms with Gasteiger partial charge in [-0.25, -0.2) is 4.79 Å². The predicted octanol–water partition coefficient (Wildman–Crippen LogP) is 0.288. The fraction of sp³-hybridized carbons (Fsp3) is 0.812. The van der Waals surface area contributed by atoms with Crippen LogP contribution in [0.15, 0.2) is 0 Å². The molecule has 1 aliphatic carbocycles. The van der Waals surface area contributed by atoms with E-state index in [2.05, 4.69) is 5.32 Å². The van der Waals surface area contributed by atoms with Gasteiger partial charge in [0.05, 0.1) is 19.1 Å². The van der Waals surface area contributed by atoms with Crippen LogP contribution in [-0.4, -0.2) is 54.9 Å². The zero-order chi connectivity index (χ0) is 18.5. The minimum absolute atomic E-state index is 0.0775. The SMILES string of the molecule is COC[C@@H](NC(=O)[C@@H](N)CC(=O)O)C(=O)OC(C1CC1)C(C)(C)C. The summed E-state index contributed by atoms with van der Waals surface area (Å²) < 4.78 is 10.6. The molecule has 0 heterocycles. The lowest BCUT2D eigenvalue weighted by molar-refractivity contribution is -0.161. The molecule has 8 nitrogen and oxygen atoms in total. The van der Waals surface area contributed by atoms with E-state index in [0.29, 0.717) is 5.92 Å². The van der Waals surface area contributed by atoms with Gasteiger partial charge in [0.1, 0.15) is 6.10 Å². The van der Waals surface area contributed by atoms with Crippen molar-refractivity contribution < 1.29 is 29.0 Å². The van der Waals surface area contributed by atoms with Crippen LogP contribution in [0.1, 0.15) is 40.0 Å². The van der Waals surface area contributed by atoms with Gasteiger partial charge in [-0.1, -0.05) is 20.8 Å². The number of carboxylic acids is 1. The fourth-order valence-corrected chi connectivity index (χ4v) is 2.48. The lowest BCUT2D eigenvalue weighted by Gasteiger charge is -2.32. The second kappa shape index (κ2) is 8.43. The van der Waals surface area contributed by atoms with Crippen molar-refractivity contribution in [3.63, 3.8) is 0 Å². The van der Waals surface area contributed by atoms with Crippen LogP contribution in [0.3, 0.4) is 0 Å². The number of methoxy groups -OCH3 is 1. The van der Waals surface area contributed by atoms with Gasteiger partial charge in [0.15, 0.2) is 6.04 Å². The molecule has 0 aromatic rings. The highest BCUT2D eigenvalue weighted by Gasteiger charge is 2.42. The lowest BCUT2D eigenvalue weighted by Crippen LogP contribution is -2.52. The van der Waals surface area contributed by atoms with Crippen LogP contribution in [0, 0.1) is 11.3 Å². The minimum atomic E-state index is -1.24. The number of ether oxygens (including phenoxy) is 2. The summed E-state index contributed by atoms with van der Waals surface area (Å²) in [5.41, 5.74) is 5.30. The van der Waals surface area contributed by atoms with E-state index in [-0.39, 0.29) is 18.1 Å². The van der Waals surface area contributed by atoms with Crippen molar-refractivity contribution in [2.75, 3.05) is 13.7 Å². The molecule has 0 radical (unpaired) electrons. The number of nitrogens with two attached hydrogens (primary N) is 1. The maximum atomic E-state index is 12.4. The highest BCUT2D eigenvalue weighted by molar-refractivity contribution is 5.89. The number of aliphatic carboxylic acids is 1. The van der Waals surface area contributed by atoms with E-state index in [1.807, 2.05) is 20.8 Å². The Labute approximate surface area is 142 Å². The average molecular weight is 344 g/mol. The summed E-state index contributed by atoms with van der Waals surface area (Å²) in [6.45, 7) is 5.91. The maximum absolute atomic E-state index is 12.4. The Hall–Kier alpha value is -1.67. The Morgan fingerprint density at radius 3 is 2.29 bits per heavy atom. The molecule has 4 N–H and O–H groups in total. The third-order valence-corrected chi connectivity index (χ3v) is 3.81. The molecule has 0 aliphatic heterocycles. The minimum Gasteiger partial charge on any atom is -0.481 e. The molecule has 8 heteroatoms. The van der Waals surface area contributed by atoms with Crippen molar-refractivity contribution in [1.29, 1.82) is 0 Å². The molecule has 3 atom stereocenters. The van der Waals surface area contributed by atoms with Gasteiger partial charge < -0.3 is 25.6 Å². The first kappa shape index (κ1) is 20.4. The molecule has 1 unspecified atom stereocenters. The predicted molar refractivity (Wildman–Crippen MR) is 86.1 cm³/mol. The average Bonchev–Trinajstić information content (AvgIpc) is 3.26. The molecular formula is C16H28N2O6. The molecule has 138 valence electrons. The van der Waals surface area contributed by atoms with Crippen LogP contribution >= 0.6 is 0 Å². The summed E-state index contributed by atoms with van der Waals surface area (Å²) in [4.78, 5) is 35.0. The molecule has 1 aliphatic rings. The van der Waals surface area contributed by atoms with E-state index < -0.39 is 36.4 Å². The van der Waals surface area contributed by atoms with E-state index in [4.69, 9.17) is 20.3 Å². The van der Waals surface area contributed by atoms with Gasteiger partial charge in [0.2, 0.25) is 5.91 Å². The van der Waals surface area contributed by atoms with Gasteiger partial charge in [0.25, 0.3) is 0 Å². The third-order valence-electron chi connectivity index (χ3n) is 3.81. The number of carboxylic acid groups (broad SMARTS) is 1. The fourth-order valence-electron chi connectivity index (χ4n) is 2.48. The van der Waals surface area contributed by atoms with E-state index in [1.54, 1.807) is 0 Å². The number of carbonyl (C=O) groups excluding carboxylic acids is 2. The summed E-state index contributed by atoms with van der Waals surface area (Å²) >= 11 is 0. The quantitative estimate of drug-likeness (QED) is 0.513. The van der Waals surface area contributed by atoms with Crippen molar-refractivity contribution in [3.8, 4) is 0 Å². The number of hydrogen-bond donors (Lipinski definition) is 3. The zero-order valence-corrected chi connectivity index (χ0v) is 14.7. The van der Waals surface area contributed by atoms with Crippen LogP contribution < -0.4 is 11.1 Å². The molecule has 0 bridgehead atoms. The first-order chi connectivity index (χ1) is 11.1. The summed E-state index contributed by atoms with van der Waals surface area (Å²) in [7, 11) is 1.39. The number of nitrogens with one attached hydrogen (secondary N) is 1. The molecule has 0 saturated heterocycles. The second-order valence-electron chi connectivity index (χ2n) is 7.28. The monoisotopic (exact) mass is 344 g/mol. The van der Waals surface area contributed by atoms with Crippen molar-refractivity contribution >= 4 is 17.8 Å². The summed E-state index contributed by atoms with van der Waals surface area (Å²) in [5.74, 6) is -2.18.